The summed E-state index contributed by atoms with van der Waals surface area (Å²) < 4.78 is 29.1. The van der Waals surface area contributed by atoms with Crippen LogP contribution in [0, 0.1) is 0 Å². The van der Waals surface area contributed by atoms with Crippen molar-refractivity contribution in [1.29, 1.82) is 0 Å². The van der Waals surface area contributed by atoms with Gasteiger partial charge in [-0.3, -0.25) is 4.40 Å². The summed E-state index contributed by atoms with van der Waals surface area (Å²) >= 11 is 2.84. The second-order valence-corrected chi connectivity index (χ2v) is 7.70. The highest BCUT2D eigenvalue weighted by molar-refractivity contribution is 7.89. The van der Waals surface area contributed by atoms with E-state index in [9.17, 15) is 8.42 Å². The smallest absolute Gasteiger partial charge is 0.260 e. The predicted molar refractivity (Wildman–Crippen MR) is 80.5 cm³/mol. The fourth-order valence-electron chi connectivity index (χ4n) is 1.93. The van der Waals surface area contributed by atoms with Crippen LogP contribution in [0.5, 0.6) is 0 Å². The largest absolute Gasteiger partial charge is 0.381 e. The van der Waals surface area contributed by atoms with E-state index in [0.717, 1.165) is 4.88 Å². The van der Waals surface area contributed by atoms with Crippen LogP contribution >= 0.6 is 22.7 Å². The Labute approximate surface area is 123 Å². The average Bonchev–Trinajstić information content (AvgIpc) is 3.01. The number of thiophene rings is 1. The van der Waals surface area contributed by atoms with Crippen molar-refractivity contribution in [2.45, 2.75) is 18.0 Å². The van der Waals surface area contributed by atoms with Crippen LogP contribution in [0.25, 0.3) is 4.96 Å². The maximum Gasteiger partial charge on any atom is 0.260 e. The van der Waals surface area contributed by atoms with E-state index in [4.69, 9.17) is 5.73 Å². The molecule has 3 N–H and O–H groups in total. The maximum absolute atomic E-state index is 12.5. The van der Waals surface area contributed by atoms with E-state index < -0.39 is 10.0 Å². The Morgan fingerprint density at radius 1 is 1.40 bits per heavy atom. The Morgan fingerprint density at radius 2 is 2.20 bits per heavy atom. The van der Waals surface area contributed by atoms with Crippen LogP contribution < -0.4 is 10.5 Å². The number of hydrogen-bond acceptors (Lipinski definition) is 6. The van der Waals surface area contributed by atoms with Gasteiger partial charge in [0.25, 0.3) is 10.0 Å². The summed E-state index contributed by atoms with van der Waals surface area (Å²) in [6.07, 6.45) is 1.65. The van der Waals surface area contributed by atoms with Crippen molar-refractivity contribution in [2.24, 2.45) is 0 Å². The minimum absolute atomic E-state index is 0.00263. The third-order valence-corrected chi connectivity index (χ3v) is 6.19. The number of nitrogens with one attached hydrogen (secondary N) is 1. The van der Waals surface area contributed by atoms with E-state index in [0.29, 0.717) is 4.96 Å². The van der Waals surface area contributed by atoms with Gasteiger partial charge in [0.1, 0.15) is 0 Å². The summed E-state index contributed by atoms with van der Waals surface area (Å²) in [7, 11) is -3.73. The van der Waals surface area contributed by atoms with Crippen LogP contribution in [0.4, 0.5) is 5.82 Å². The summed E-state index contributed by atoms with van der Waals surface area (Å²) in [5.74, 6) is 0.0164. The van der Waals surface area contributed by atoms with Crippen molar-refractivity contribution in [3.05, 3.63) is 34.0 Å². The molecule has 0 fully saturated rings. The zero-order valence-electron chi connectivity index (χ0n) is 10.5. The van der Waals surface area contributed by atoms with Crippen molar-refractivity contribution in [3.8, 4) is 0 Å². The molecule has 106 valence electrons. The summed E-state index contributed by atoms with van der Waals surface area (Å²) in [6.45, 7) is 1.80. The number of hydrogen-bond donors (Lipinski definition) is 2. The number of sulfonamides is 1. The molecule has 1 unspecified atom stereocenters. The molecule has 0 amide bonds. The van der Waals surface area contributed by atoms with E-state index in [-0.39, 0.29) is 16.9 Å². The van der Waals surface area contributed by atoms with E-state index in [1.807, 2.05) is 17.5 Å². The third-order valence-electron chi connectivity index (χ3n) is 2.80. The number of anilines is 1. The number of nitrogens with zero attached hydrogens (tertiary/aromatic N) is 2. The Hall–Kier alpha value is -1.42. The minimum atomic E-state index is -3.73. The number of imidazole rings is 1. The highest BCUT2D eigenvalue weighted by Crippen LogP contribution is 2.26. The number of thiazole rings is 1. The molecule has 1 atom stereocenters. The molecule has 0 aliphatic heterocycles. The third kappa shape index (κ3) is 2.22. The Balaban J connectivity index is 2.00. The van der Waals surface area contributed by atoms with Crippen molar-refractivity contribution >= 4 is 43.5 Å². The zero-order chi connectivity index (χ0) is 14.3. The van der Waals surface area contributed by atoms with Gasteiger partial charge in [-0.2, -0.15) is 0 Å². The van der Waals surface area contributed by atoms with E-state index in [2.05, 4.69) is 9.71 Å². The lowest BCUT2D eigenvalue weighted by Gasteiger charge is -2.12. The fourth-order valence-corrected chi connectivity index (χ4v) is 4.95. The number of aromatic nitrogens is 2. The van der Waals surface area contributed by atoms with Crippen LogP contribution in [0.15, 0.2) is 34.1 Å². The standard InChI is InChI=1S/C11H12N4O2S3/c1-7(8-3-2-5-18-8)14-20(16,17)10-9(12)13-11-15(10)4-6-19-11/h2-7,14H,12H2,1H3. The van der Waals surface area contributed by atoms with Crippen molar-refractivity contribution < 1.29 is 8.42 Å². The average molecular weight is 328 g/mol. The molecule has 0 aromatic carbocycles. The Bertz CT molecular complexity index is 832. The van der Waals surface area contributed by atoms with Crippen molar-refractivity contribution in [1.82, 2.24) is 14.1 Å². The molecule has 9 heteroatoms. The molecule has 0 bridgehead atoms. The highest BCUT2D eigenvalue weighted by Gasteiger charge is 2.26. The van der Waals surface area contributed by atoms with Crippen LogP contribution in [0.3, 0.4) is 0 Å². The molecule has 0 spiro atoms. The van der Waals surface area contributed by atoms with Crippen LogP contribution in [0.2, 0.25) is 0 Å². The van der Waals surface area contributed by atoms with Gasteiger partial charge >= 0.3 is 0 Å². The molecule has 0 aliphatic carbocycles. The first-order valence-corrected chi connectivity index (χ1v) is 9.00. The lowest BCUT2D eigenvalue weighted by molar-refractivity contribution is 0.564. The molecular weight excluding hydrogens is 316 g/mol. The van der Waals surface area contributed by atoms with Crippen LogP contribution in [0.1, 0.15) is 17.8 Å². The maximum atomic E-state index is 12.5. The topological polar surface area (TPSA) is 89.5 Å². The van der Waals surface area contributed by atoms with Gasteiger partial charge in [-0.1, -0.05) is 6.07 Å². The first-order chi connectivity index (χ1) is 9.49. The number of rotatable bonds is 4. The van der Waals surface area contributed by atoms with Crippen LogP contribution in [-0.4, -0.2) is 17.8 Å². The van der Waals surface area contributed by atoms with E-state index >= 15 is 0 Å². The quantitative estimate of drug-likeness (QED) is 0.767. The normalized spacial score (nSPS) is 13.8. The summed E-state index contributed by atoms with van der Waals surface area (Å²) in [5, 5.41) is 3.67. The predicted octanol–water partition coefficient (Wildman–Crippen LogP) is 2.08. The molecule has 3 aromatic rings. The van der Waals surface area contributed by atoms with Gasteiger partial charge < -0.3 is 5.73 Å². The molecule has 0 aliphatic rings. The highest BCUT2D eigenvalue weighted by atomic mass is 32.2. The SMILES string of the molecule is CC(NS(=O)(=O)c1c(N)nc2sccn12)c1cccs1. The van der Waals surface area contributed by atoms with Gasteiger partial charge in [0, 0.05) is 16.5 Å². The van der Waals surface area contributed by atoms with Gasteiger partial charge in [0.05, 0.1) is 6.04 Å². The van der Waals surface area contributed by atoms with Crippen molar-refractivity contribution in [3.63, 3.8) is 0 Å². The zero-order valence-corrected chi connectivity index (χ0v) is 12.9. The molecular formula is C11H12N4O2S3. The van der Waals surface area contributed by atoms with Gasteiger partial charge in [-0.15, -0.1) is 22.7 Å². The first-order valence-electron chi connectivity index (χ1n) is 5.76. The Kier molecular flexibility index (Phi) is 3.28. The second kappa shape index (κ2) is 4.85. The molecule has 0 saturated heterocycles. The summed E-state index contributed by atoms with van der Waals surface area (Å²) in [4.78, 5) is 5.56. The van der Waals surface area contributed by atoms with Gasteiger partial charge in [-0.05, 0) is 18.4 Å². The molecule has 3 aromatic heterocycles. The first kappa shape index (κ1) is 13.6. The lowest BCUT2D eigenvalue weighted by Crippen LogP contribution is -2.28. The molecule has 6 nitrogen and oxygen atoms in total. The molecule has 3 heterocycles. The monoisotopic (exact) mass is 328 g/mol. The number of nitrogen functional groups attached to an aromatic ring is 1. The Morgan fingerprint density at radius 3 is 2.90 bits per heavy atom. The van der Waals surface area contributed by atoms with Gasteiger partial charge in [0.2, 0.25) is 0 Å². The molecule has 20 heavy (non-hydrogen) atoms. The van der Waals surface area contributed by atoms with Gasteiger partial charge in [-0.25, -0.2) is 18.1 Å². The molecule has 0 radical (unpaired) electrons. The molecule has 0 saturated carbocycles. The molecule has 3 rings (SSSR count). The van der Waals surface area contributed by atoms with Crippen molar-refractivity contribution in [2.75, 3.05) is 5.73 Å². The van der Waals surface area contributed by atoms with E-state index in [1.54, 1.807) is 18.5 Å². The summed E-state index contributed by atoms with van der Waals surface area (Å²) in [5.41, 5.74) is 5.74. The second-order valence-electron chi connectivity index (χ2n) is 4.22. The number of nitrogens with two attached hydrogens (primary N) is 1. The van der Waals surface area contributed by atoms with E-state index in [1.165, 1.54) is 27.1 Å². The summed E-state index contributed by atoms with van der Waals surface area (Å²) in [6, 6.07) is 3.45. The van der Waals surface area contributed by atoms with Gasteiger partial charge in [0.15, 0.2) is 15.8 Å². The van der Waals surface area contributed by atoms with Crippen LogP contribution in [-0.2, 0) is 10.0 Å². The minimum Gasteiger partial charge on any atom is -0.381 e. The lowest BCUT2D eigenvalue weighted by atomic mass is 10.3. The fraction of sp³-hybridized carbons (Fsp3) is 0.182. The number of fused-ring (bicyclic) bond motifs is 1.